The lowest BCUT2D eigenvalue weighted by Crippen LogP contribution is -2.33. The van der Waals surface area contributed by atoms with E-state index in [9.17, 15) is 9.59 Å². The summed E-state index contributed by atoms with van der Waals surface area (Å²) in [7, 11) is 0. The van der Waals surface area contributed by atoms with Crippen LogP contribution in [0.15, 0.2) is 47.4 Å². The number of aromatic amines is 1. The molecule has 2 aromatic rings. The molecular formula is C18H20N2O2. The normalized spacial score (nSPS) is 20.8. The zero-order chi connectivity index (χ0) is 15.5. The van der Waals surface area contributed by atoms with E-state index >= 15 is 0 Å². The predicted molar refractivity (Wildman–Crippen MR) is 85.8 cm³/mol. The second kappa shape index (κ2) is 6.18. The molecule has 1 aliphatic rings. The first kappa shape index (κ1) is 14.6. The van der Waals surface area contributed by atoms with E-state index in [1.807, 2.05) is 12.1 Å². The second-order valence-corrected chi connectivity index (χ2v) is 5.96. The average Bonchev–Trinajstić information content (AvgIpc) is 2.67. The van der Waals surface area contributed by atoms with E-state index in [-0.39, 0.29) is 17.5 Å². The molecule has 1 heterocycles. The smallest absolute Gasteiger partial charge is 0.252 e. The number of carbonyl (C=O) groups is 1. The van der Waals surface area contributed by atoms with Crippen molar-refractivity contribution in [2.45, 2.75) is 32.2 Å². The predicted octanol–water partition coefficient (Wildman–Crippen LogP) is 2.82. The molecule has 2 atom stereocenters. The summed E-state index contributed by atoms with van der Waals surface area (Å²) in [5.41, 5.74) is 2.65. The summed E-state index contributed by atoms with van der Waals surface area (Å²) in [4.78, 5) is 26.4. The van der Waals surface area contributed by atoms with Crippen LogP contribution in [0.25, 0.3) is 0 Å². The third-order valence-electron chi connectivity index (χ3n) is 4.39. The molecule has 4 heteroatoms. The average molecular weight is 296 g/mol. The monoisotopic (exact) mass is 296 g/mol. The Kier molecular flexibility index (Phi) is 4.09. The number of H-pyrrole nitrogens is 1. The molecule has 0 fully saturated rings. The maximum Gasteiger partial charge on any atom is 0.252 e. The number of pyridine rings is 1. The van der Waals surface area contributed by atoms with E-state index in [0.29, 0.717) is 11.5 Å². The van der Waals surface area contributed by atoms with Crippen LogP contribution in [0.5, 0.6) is 0 Å². The minimum Gasteiger partial charge on any atom is -0.345 e. The highest BCUT2D eigenvalue weighted by Gasteiger charge is 2.26. The largest absolute Gasteiger partial charge is 0.345 e. The zero-order valence-corrected chi connectivity index (χ0v) is 12.6. The number of benzene rings is 1. The summed E-state index contributed by atoms with van der Waals surface area (Å²) >= 11 is 0. The van der Waals surface area contributed by atoms with Gasteiger partial charge in [-0.15, -0.1) is 0 Å². The third kappa shape index (κ3) is 2.96. The fourth-order valence-electron chi connectivity index (χ4n) is 3.18. The second-order valence-electron chi connectivity index (χ2n) is 5.96. The summed E-state index contributed by atoms with van der Waals surface area (Å²) < 4.78 is 0. The first-order chi connectivity index (χ1) is 10.6. The molecule has 0 saturated heterocycles. The van der Waals surface area contributed by atoms with Crippen molar-refractivity contribution in [1.82, 2.24) is 10.3 Å². The molecule has 0 saturated carbocycles. The molecule has 1 aliphatic carbocycles. The fraction of sp³-hybridized carbons (Fsp3) is 0.333. The van der Waals surface area contributed by atoms with Crippen LogP contribution in [0.4, 0.5) is 0 Å². The lowest BCUT2D eigenvalue weighted by atomic mass is 9.92. The third-order valence-corrected chi connectivity index (χ3v) is 4.39. The van der Waals surface area contributed by atoms with Gasteiger partial charge in [-0.3, -0.25) is 9.59 Å². The molecule has 1 amide bonds. The van der Waals surface area contributed by atoms with Crippen molar-refractivity contribution in [1.29, 1.82) is 0 Å². The van der Waals surface area contributed by atoms with Crippen molar-refractivity contribution >= 4 is 5.91 Å². The standard InChI is InChI=1S/C18H20N2O2/c1-12-5-4-7-13-6-2-3-8-15(13)17(12)20-18(22)14-9-10-19-16(21)11-14/h2-3,6,8-12,17H,4-5,7H2,1H3,(H,19,21)(H,20,22)/t12-,17+/m0/s1. The molecule has 0 unspecified atom stereocenters. The Morgan fingerprint density at radius 2 is 2.09 bits per heavy atom. The highest BCUT2D eigenvalue weighted by Crippen LogP contribution is 2.33. The van der Waals surface area contributed by atoms with Crippen LogP contribution < -0.4 is 10.9 Å². The Morgan fingerprint density at radius 3 is 2.91 bits per heavy atom. The zero-order valence-electron chi connectivity index (χ0n) is 12.6. The molecule has 22 heavy (non-hydrogen) atoms. The van der Waals surface area contributed by atoms with E-state index in [2.05, 4.69) is 29.4 Å². The van der Waals surface area contributed by atoms with Gasteiger partial charge in [0.05, 0.1) is 6.04 Å². The van der Waals surface area contributed by atoms with Crippen LogP contribution in [0.2, 0.25) is 0 Å². The van der Waals surface area contributed by atoms with Gasteiger partial charge >= 0.3 is 0 Å². The number of amides is 1. The molecule has 0 aliphatic heterocycles. The van der Waals surface area contributed by atoms with Gasteiger partial charge in [-0.1, -0.05) is 31.2 Å². The van der Waals surface area contributed by atoms with Crippen LogP contribution in [0, 0.1) is 5.92 Å². The minimum absolute atomic E-state index is 0.00881. The van der Waals surface area contributed by atoms with Gasteiger partial charge in [0.25, 0.3) is 5.91 Å². The van der Waals surface area contributed by atoms with Crippen LogP contribution in [0.1, 0.15) is 47.3 Å². The van der Waals surface area contributed by atoms with Crippen LogP contribution in [0.3, 0.4) is 0 Å². The van der Waals surface area contributed by atoms with Crippen LogP contribution in [-0.2, 0) is 6.42 Å². The first-order valence-electron chi connectivity index (χ1n) is 7.72. The number of rotatable bonds is 2. The maximum atomic E-state index is 12.5. The van der Waals surface area contributed by atoms with Crippen LogP contribution >= 0.6 is 0 Å². The molecule has 0 spiro atoms. The topological polar surface area (TPSA) is 62.0 Å². The molecule has 0 bridgehead atoms. The van der Waals surface area contributed by atoms with Gasteiger partial charge in [0.2, 0.25) is 5.56 Å². The van der Waals surface area contributed by atoms with E-state index in [0.717, 1.165) is 19.3 Å². The van der Waals surface area contributed by atoms with Gasteiger partial charge in [-0.25, -0.2) is 0 Å². The number of hydrogen-bond acceptors (Lipinski definition) is 2. The molecule has 114 valence electrons. The Bertz CT molecular complexity index is 736. The van der Waals surface area contributed by atoms with Crippen molar-refractivity contribution < 1.29 is 4.79 Å². The summed E-state index contributed by atoms with van der Waals surface area (Å²) in [5.74, 6) is 0.175. The van der Waals surface area contributed by atoms with E-state index in [4.69, 9.17) is 0 Å². The van der Waals surface area contributed by atoms with Gasteiger partial charge in [0.1, 0.15) is 0 Å². The van der Waals surface area contributed by atoms with E-state index < -0.39 is 0 Å². The Balaban J connectivity index is 1.90. The van der Waals surface area contributed by atoms with Gasteiger partial charge < -0.3 is 10.3 Å². The summed E-state index contributed by atoms with van der Waals surface area (Å²) in [6.07, 6.45) is 4.77. The van der Waals surface area contributed by atoms with Crippen molar-refractivity contribution in [2.24, 2.45) is 5.92 Å². The number of aromatic nitrogens is 1. The summed E-state index contributed by atoms with van der Waals surface area (Å²) in [6.45, 7) is 2.17. The number of aryl methyl sites for hydroxylation is 1. The SMILES string of the molecule is C[C@H]1CCCc2ccccc2[C@@H]1NC(=O)c1cc[nH]c(=O)c1. The van der Waals surface area contributed by atoms with Gasteiger partial charge in [0.15, 0.2) is 0 Å². The maximum absolute atomic E-state index is 12.5. The van der Waals surface area contributed by atoms with Gasteiger partial charge in [-0.05, 0) is 42.4 Å². The van der Waals surface area contributed by atoms with Crippen molar-refractivity contribution in [2.75, 3.05) is 0 Å². The molecule has 2 N–H and O–H groups in total. The van der Waals surface area contributed by atoms with Crippen molar-refractivity contribution in [3.8, 4) is 0 Å². The van der Waals surface area contributed by atoms with Crippen molar-refractivity contribution in [3.63, 3.8) is 0 Å². The molecule has 0 radical (unpaired) electrons. The molecule has 1 aromatic heterocycles. The Labute approximate surface area is 129 Å². The summed E-state index contributed by atoms with van der Waals surface area (Å²) in [5, 5.41) is 3.12. The lowest BCUT2D eigenvalue weighted by molar-refractivity contribution is 0.0922. The van der Waals surface area contributed by atoms with Crippen molar-refractivity contribution in [3.05, 3.63) is 69.6 Å². The number of nitrogens with one attached hydrogen (secondary N) is 2. The Hall–Kier alpha value is -2.36. The first-order valence-corrected chi connectivity index (χ1v) is 7.72. The lowest BCUT2D eigenvalue weighted by Gasteiger charge is -2.25. The number of fused-ring (bicyclic) bond motifs is 1. The van der Waals surface area contributed by atoms with E-state index in [1.165, 1.54) is 23.4 Å². The van der Waals surface area contributed by atoms with Crippen LogP contribution in [-0.4, -0.2) is 10.9 Å². The molecule has 1 aromatic carbocycles. The number of carbonyl (C=O) groups excluding carboxylic acids is 1. The van der Waals surface area contributed by atoms with Gasteiger partial charge in [0, 0.05) is 17.8 Å². The number of hydrogen-bond donors (Lipinski definition) is 2. The minimum atomic E-state index is -0.262. The molecule has 4 nitrogen and oxygen atoms in total. The highest BCUT2D eigenvalue weighted by molar-refractivity contribution is 5.94. The van der Waals surface area contributed by atoms with Gasteiger partial charge in [-0.2, -0.15) is 0 Å². The summed E-state index contributed by atoms with van der Waals surface area (Å²) in [6, 6.07) is 11.3. The highest BCUT2D eigenvalue weighted by atomic mass is 16.2. The fourth-order valence-corrected chi connectivity index (χ4v) is 3.18. The Morgan fingerprint density at radius 1 is 1.27 bits per heavy atom. The van der Waals surface area contributed by atoms with E-state index in [1.54, 1.807) is 6.07 Å². The molecule has 3 rings (SSSR count). The quantitative estimate of drug-likeness (QED) is 0.837. The molecular weight excluding hydrogens is 276 g/mol.